The van der Waals surface area contributed by atoms with Crippen molar-refractivity contribution in [3.63, 3.8) is 0 Å². The number of hydrogen-bond donors (Lipinski definition) is 2. The lowest BCUT2D eigenvalue weighted by Gasteiger charge is -2.36. The van der Waals surface area contributed by atoms with Gasteiger partial charge in [-0.1, -0.05) is 54.6 Å². The van der Waals surface area contributed by atoms with E-state index < -0.39 is 16.1 Å². The highest BCUT2D eigenvalue weighted by molar-refractivity contribution is 7.89. The Morgan fingerprint density at radius 1 is 0.909 bits per heavy atom. The van der Waals surface area contributed by atoms with Crippen LogP contribution < -0.4 is 10.5 Å². The minimum atomic E-state index is -3.74. The summed E-state index contributed by atoms with van der Waals surface area (Å²) in [7, 11) is -3.74. The Hall–Kier alpha value is -3.49. The molecule has 4 rings (SSSR count). The number of fused-ring (bicyclic) bond motifs is 1. The van der Waals surface area contributed by atoms with Gasteiger partial charge in [-0.05, 0) is 47.4 Å². The van der Waals surface area contributed by atoms with Crippen molar-refractivity contribution in [2.45, 2.75) is 30.3 Å². The number of nitrogens with one attached hydrogen (secondary N) is 1. The van der Waals surface area contributed by atoms with Crippen LogP contribution in [-0.2, 0) is 34.2 Å². The first-order valence-electron chi connectivity index (χ1n) is 10.6. The van der Waals surface area contributed by atoms with Gasteiger partial charge in [0.25, 0.3) is 5.91 Å². The van der Waals surface area contributed by atoms with Crippen LogP contribution in [0.2, 0.25) is 0 Å². The molecule has 0 fully saturated rings. The maximum Gasteiger partial charge on any atom is 0.254 e. The molecule has 170 valence electrons. The van der Waals surface area contributed by atoms with E-state index >= 15 is 0 Å². The van der Waals surface area contributed by atoms with Crippen LogP contribution in [0.5, 0.6) is 0 Å². The molecule has 0 aromatic heterocycles. The molecule has 8 heteroatoms. The number of benzene rings is 3. The summed E-state index contributed by atoms with van der Waals surface area (Å²) >= 11 is 0. The van der Waals surface area contributed by atoms with Gasteiger partial charge in [0.05, 0.1) is 4.90 Å². The van der Waals surface area contributed by atoms with E-state index in [0.29, 0.717) is 31.5 Å². The van der Waals surface area contributed by atoms with Gasteiger partial charge in [0, 0.05) is 25.1 Å². The lowest BCUT2D eigenvalue weighted by atomic mass is 9.92. The van der Waals surface area contributed by atoms with Crippen molar-refractivity contribution in [1.29, 1.82) is 0 Å². The second-order valence-corrected chi connectivity index (χ2v) is 9.58. The third kappa shape index (κ3) is 5.30. The van der Waals surface area contributed by atoms with Crippen LogP contribution in [0.4, 0.5) is 0 Å². The van der Waals surface area contributed by atoms with Gasteiger partial charge in [-0.2, -0.15) is 0 Å². The number of carbonyl (C=O) groups excluding carboxylic acids is 2. The number of nitrogens with two attached hydrogens (primary N) is 1. The third-order valence-electron chi connectivity index (χ3n) is 5.80. The summed E-state index contributed by atoms with van der Waals surface area (Å²) in [6.45, 7) is 0.732. The summed E-state index contributed by atoms with van der Waals surface area (Å²) in [5, 5.41) is 8.06. The Morgan fingerprint density at radius 3 is 2.21 bits per heavy atom. The summed E-state index contributed by atoms with van der Waals surface area (Å²) in [4.78, 5) is 28.0. The molecule has 0 saturated heterocycles. The van der Waals surface area contributed by atoms with Crippen LogP contribution in [0.15, 0.2) is 83.8 Å². The SMILES string of the molecule is NS(=O)(=O)c1ccc(CCNC(=O)C2Cc3ccccc3CN2C(=O)c2ccccc2)cc1. The first-order valence-corrected chi connectivity index (χ1v) is 12.2. The number of primary sulfonamides is 1. The fraction of sp³-hybridized carbons (Fsp3) is 0.200. The first kappa shape index (κ1) is 22.7. The van der Waals surface area contributed by atoms with Gasteiger partial charge >= 0.3 is 0 Å². The molecule has 1 atom stereocenters. The summed E-state index contributed by atoms with van der Waals surface area (Å²) in [5.41, 5.74) is 3.52. The molecule has 2 amide bonds. The van der Waals surface area contributed by atoms with E-state index in [0.717, 1.165) is 16.7 Å². The Bertz CT molecular complexity index is 1260. The van der Waals surface area contributed by atoms with Gasteiger partial charge in [0.2, 0.25) is 15.9 Å². The zero-order valence-corrected chi connectivity index (χ0v) is 18.8. The fourth-order valence-corrected chi connectivity index (χ4v) is 4.53. The Morgan fingerprint density at radius 2 is 1.55 bits per heavy atom. The zero-order valence-electron chi connectivity index (χ0n) is 18.0. The minimum Gasteiger partial charge on any atom is -0.354 e. The van der Waals surface area contributed by atoms with Crippen LogP contribution in [-0.4, -0.2) is 37.7 Å². The average molecular weight is 464 g/mol. The van der Waals surface area contributed by atoms with Gasteiger partial charge in [0.15, 0.2) is 0 Å². The maximum atomic E-state index is 13.2. The van der Waals surface area contributed by atoms with E-state index in [-0.39, 0.29) is 16.7 Å². The van der Waals surface area contributed by atoms with Crippen LogP contribution in [0.1, 0.15) is 27.0 Å². The van der Waals surface area contributed by atoms with Crippen LogP contribution in [0.3, 0.4) is 0 Å². The molecule has 0 radical (unpaired) electrons. The summed E-state index contributed by atoms with van der Waals surface area (Å²) in [6, 6.07) is 22.5. The second-order valence-electron chi connectivity index (χ2n) is 8.02. The normalized spacial score (nSPS) is 15.5. The number of amides is 2. The topological polar surface area (TPSA) is 110 Å². The minimum absolute atomic E-state index is 0.0474. The largest absolute Gasteiger partial charge is 0.354 e. The van der Waals surface area contributed by atoms with Gasteiger partial charge < -0.3 is 10.2 Å². The van der Waals surface area contributed by atoms with Gasteiger partial charge in [-0.25, -0.2) is 13.6 Å². The van der Waals surface area contributed by atoms with Crippen LogP contribution >= 0.6 is 0 Å². The Labute approximate surface area is 193 Å². The average Bonchev–Trinajstić information content (AvgIpc) is 2.83. The van der Waals surface area contributed by atoms with Crippen molar-refractivity contribution in [2.24, 2.45) is 5.14 Å². The first-order chi connectivity index (χ1) is 15.8. The van der Waals surface area contributed by atoms with Crippen molar-refractivity contribution in [3.8, 4) is 0 Å². The van der Waals surface area contributed by atoms with E-state index in [2.05, 4.69) is 5.32 Å². The number of hydrogen-bond acceptors (Lipinski definition) is 4. The number of nitrogens with zero attached hydrogens (tertiary/aromatic N) is 1. The molecule has 3 aromatic carbocycles. The van der Waals surface area contributed by atoms with E-state index in [4.69, 9.17) is 5.14 Å². The molecule has 0 saturated carbocycles. The van der Waals surface area contributed by atoms with Crippen molar-refractivity contribution in [3.05, 3.63) is 101 Å². The molecule has 0 bridgehead atoms. The molecular formula is C25H25N3O4S. The molecule has 0 aliphatic carbocycles. The molecule has 3 N–H and O–H groups in total. The highest BCUT2D eigenvalue weighted by Crippen LogP contribution is 2.25. The number of sulfonamides is 1. The highest BCUT2D eigenvalue weighted by Gasteiger charge is 2.34. The summed E-state index contributed by atoms with van der Waals surface area (Å²) in [6.07, 6.45) is 0.968. The number of rotatable bonds is 6. The van der Waals surface area contributed by atoms with Crippen molar-refractivity contribution >= 4 is 21.8 Å². The van der Waals surface area contributed by atoms with E-state index in [9.17, 15) is 18.0 Å². The molecular weight excluding hydrogens is 438 g/mol. The summed E-state index contributed by atoms with van der Waals surface area (Å²) < 4.78 is 22.8. The van der Waals surface area contributed by atoms with Gasteiger partial charge in [0.1, 0.15) is 6.04 Å². The quantitative estimate of drug-likeness (QED) is 0.584. The van der Waals surface area contributed by atoms with Crippen molar-refractivity contribution < 1.29 is 18.0 Å². The van der Waals surface area contributed by atoms with Crippen molar-refractivity contribution in [1.82, 2.24) is 10.2 Å². The lowest BCUT2D eigenvalue weighted by Crippen LogP contribution is -2.52. The smallest absolute Gasteiger partial charge is 0.254 e. The third-order valence-corrected chi connectivity index (χ3v) is 6.73. The molecule has 1 aliphatic heterocycles. The van der Waals surface area contributed by atoms with Crippen LogP contribution in [0, 0.1) is 0 Å². The second kappa shape index (κ2) is 9.56. The molecule has 1 heterocycles. The van der Waals surface area contributed by atoms with E-state index in [1.807, 2.05) is 30.3 Å². The predicted molar refractivity (Wildman–Crippen MR) is 125 cm³/mol. The lowest BCUT2D eigenvalue weighted by molar-refractivity contribution is -0.126. The highest BCUT2D eigenvalue weighted by atomic mass is 32.2. The maximum absolute atomic E-state index is 13.2. The van der Waals surface area contributed by atoms with E-state index in [1.54, 1.807) is 41.3 Å². The fourth-order valence-electron chi connectivity index (χ4n) is 4.01. The molecule has 1 unspecified atom stereocenters. The van der Waals surface area contributed by atoms with E-state index in [1.165, 1.54) is 12.1 Å². The molecule has 7 nitrogen and oxygen atoms in total. The van der Waals surface area contributed by atoms with Crippen molar-refractivity contribution in [2.75, 3.05) is 6.54 Å². The van der Waals surface area contributed by atoms with Gasteiger partial charge in [-0.15, -0.1) is 0 Å². The Kier molecular flexibility index (Phi) is 6.57. The zero-order chi connectivity index (χ0) is 23.4. The molecule has 3 aromatic rings. The molecule has 1 aliphatic rings. The predicted octanol–water partition coefficient (Wildman–Crippen LogP) is 2.26. The summed E-state index contributed by atoms with van der Waals surface area (Å²) in [5.74, 6) is -0.390. The Balaban J connectivity index is 1.46. The number of carbonyl (C=O) groups is 2. The van der Waals surface area contributed by atoms with Gasteiger partial charge in [-0.3, -0.25) is 9.59 Å². The van der Waals surface area contributed by atoms with Crippen LogP contribution in [0.25, 0.3) is 0 Å². The molecule has 0 spiro atoms. The monoisotopic (exact) mass is 463 g/mol. The molecule has 33 heavy (non-hydrogen) atoms. The standard InChI is InChI=1S/C25H25N3O4S/c26-33(31,32)22-12-10-18(11-13-22)14-15-27-24(29)23-16-20-8-4-5-9-21(20)17-28(23)25(30)19-6-2-1-3-7-19/h1-13,23H,14-17H2,(H,27,29)(H2,26,31,32).